The summed E-state index contributed by atoms with van der Waals surface area (Å²) in [5.41, 5.74) is 3.25. The maximum atomic E-state index is 13.0. The van der Waals surface area contributed by atoms with Crippen molar-refractivity contribution in [2.45, 2.75) is 37.1 Å². The third kappa shape index (κ3) is 1.24. The maximum Gasteiger partial charge on any atom is 0.231 e. The molecule has 4 heterocycles. The van der Waals surface area contributed by atoms with E-state index in [1.807, 2.05) is 6.20 Å². The summed E-state index contributed by atoms with van der Waals surface area (Å²) in [4.78, 5) is 17.2. The summed E-state index contributed by atoms with van der Waals surface area (Å²) in [6.07, 6.45) is 7.04. The highest BCUT2D eigenvalue weighted by molar-refractivity contribution is 6.10. The van der Waals surface area contributed by atoms with Gasteiger partial charge >= 0.3 is 0 Å². The molecule has 0 radical (unpaired) electrons. The zero-order valence-corrected chi connectivity index (χ0v) is 13.2. The van der Waals surface area contributed by atoms with Gasteiger partial charge in [0.25, 0.3) is 0 Å². The highest BCUT2D eigenvalue weighted by atomic mass is 16.4. The van der Waals surface area contributed by atoms with Gasteiger partial charge < -0.3 is 20.5 Å². The molecule has 24 heavy (non-hydrogen) atoms. The van der Waals surface area contributed by atoms with E-state index < -0.39 is 11.8 Å². The zero-order valence-electron chi connectivity index (χ0n) is 13.2. The zero-order chi connectivity index (χ0) is 16.3. The molecule has 5 aliphatic rings. The molecule has 0 aromatic carbocycles. The van der Waals surface area contributed by atoms with Gasteiger partial charge in [-0.15, -0.1) is 0 Å². The van der Waals surface area contributed by atoms with E-state index in [1.54, 1.807) is 6.08 Å². The fourth-order valence-corrected chi connectivity index (χ4v) is 5.96. The minimum atomic E-state index is -1.18. The topological polar surface area (TPSA) is 89.8 Å². The second-order valence-electron chi connectivity index (χ2n) is 7.92. The fourth-order valence-electron chi connectivity index (χ4n) is 5.96. The lowest BCUT2D eigenvalue weighted by Crippen LogP contribution is -3.24. The minimum Gasteiger partial charge on any atom is -0.382 e. The lowest BCUT2D eigenvalue weighted by Gasteiger charge is -2.59. The lowest BCUT2D eigenvalue weighted by molar-refractivity contribution is -1.01. The van der Waals surface area contributed by atoms with Gasteiger partial charge in [-0.3, -0.25) is 9.69 Å². The van der Waals surface area contributed by atoms with Gasteiger partial charge in [0, 0.05) is 42.1 Å². The molecule has 1 saturated heterocycles. The first-order valence-electron chi connectivity index (χ1n) is 8.74. The number of Topliss-reactive ketones (excluding diaryl/α,β-unsaturated/α-hetero) is 1. The van der Waals surface area contributed by atoms with E-state index in [2.05, 4.69) is 16.4 Å². The van der Waals surface area contributed by atoms with Crippen LogP contribution in [0.3, 0.4) is 0 Å². The van der Waals surface area contributed by atoms with Crippen molar-refractivity contribution in [1.82, 2.24) is 10.3 Å². The van der Waals surface area contributed by atoms with E-state index >= 15 is 0 Å². The Morgan fingerprint density at radius 1 is 1.38 bits per heavy atom. The van der Waals surface area contributed by atoms with Crippen LogP contribution in [0.15, 0.2) is 29.6 Å². The molecule has 2 aliphatic carbocycles. The molecule has 6 nitrogen and oxygen atoms in total. The number of carbonyl (C=O) groups excluding carboxylic acids is 1. The molecule has 3 aliphatic heterocycles. The molecule has 2 bridgehead atoms. The number of allylic oxidation sites excluding steroid dienone is 2. The molecular weight excluding hydrogens is 306 g/mol. The molecule has 5 atom stereocenters. The average molecular weight is 326 g/mol. The number of piperidine rings is 1. The Balaban J connectivity index is 1.73. The van der Waals surface area contributed by atoms with Crippen molar-refractivity contribution >= 4 is 5.78 Å². The highest BCUT2D eigenvalue weighted by Crippen LogP contribution is 2.56. The molecule has 6 heteroatoms. The Kier molecular flexibility index (Phi) is 2.15. The van der Waals surface area contributed by atoms with Crippen molar-refractivity contribution in [3.63, 3.8) is 0 Å². The Labute approximate surface area is 138 Å². The van der Waals surface area contributed by atoms with Crippen LogP contribution in [0.5, 0.6) is 0 Å². The number of rotatable bonds is 0. The Morgan fingerprint density at radius 3 is 3.12 bits per heavy atom. The largest absolute Gasteiger partial charge is 0.382 e. The molecule has 2 unspecified atom stereocenters. The van der Waals surface area contributed by atoms with Crippen molar-refractivity contribution in [3.8, 4) is 0 Å². The van der Waals surface area contributed by atoms with Crippen molar-refractivity contribution in [2.24, 2.45) is 5.41 Å². The predicted molar refractivity (Wildman–Crippen MR) is 84.2 cm³/mol. The first-order valence-corrected chi connectivity index (χ1v) is 8.74. The number of nitrogens with one attached hydrogen (secondary N) is 3. The van der Waals surface area contributed by atoms with Crippen LogP contribution in [0.2, 0.25) is 0 Å². The Morgan fingerprint density at radius 2 is 2.25 bits per heavy atom. The van der Waals surface area contributed by atoms with Crippen molar-refractivity contribution in [2.75, 3.05) is 13.1 Å². The third-order valence-electron chi connectivity index (χ3n) is 6.96. The van der Waals surface area contributed by atoms with Crippen LogP contribution in [-0.2, 0) is 6.42 Å². The van der Waals surface area contributed by atoms with Crippen LogP contribution >= 0.6 is 0 Å². The molecule has 6 rings (SSSR count). The van der Waals surface area contributed by atoms with Gasteiger partial charge in [-0.1, -0.05) is 12.2 Å². The van der Waals surface area contributed by atoms with E-state index in [4.69, 9.17) is 0 Å². The smallest absolute Gasteiger partial charge is 0.231 e. The summed E-state index contributed by atoms with van der Waals surface area (Å²) in [5, 5.41) is 25.4. The summed E-state index contributed by atoms with van der Waals surface area (Å²) in [6, 6.07) is -0.0474. The van der Waals surface area contributed by atoms with E-state index in [1.165, 1.54) is 5.56 Å². The maximum absolute atomic E-state index is 13.0. The van der Waals surface area contributed by atoms with Gasteiger partial charge in [-0.2, -0.15) is 0 Å². The molecule has 1 aromatic rings. The fraction of sp³-hybridized carbons (Fsp3) is 0.500. The highest BCUT2D eigenvalue weighted by Gasteiger charge is 2.66. The van der Waals surface area contributed by atoms with Gasteiger partial charge in [0.2, 0.25) is 11.5 Å². The van der Waals surface area contributed by atoms with Gasteiger partial charge in [0.05, 0.1) is 17.9 Å². The van der Waals surface area contributed by atoms with Gasteiger partial charge in [0.15, 0.2) is 6.10 Å². The summed E-state index contributed by atoms with van der Waals surface area (Å²) in [7, 11) is 0. The van der Waals surface area contributed by atoms with Crippen LogP contribution in [0.4, 0.5) is 0 Å². The molecule has 1 fully saturated rings. The predicted octanol–water partition coefficient (Wildman–Crippen LogP) is -1.05. The molecule has 0 amide bonds. The summed E-state index contributed by atoms with van der Waals surface area (Å²) < 4.78 is 0. The monoisotopic (exact) mass is 326 g/mol. The van der Waals surface area contributed by atoms with E-state index in [0.29, 0.717) is 18.7 Å². The summed E-state index contributed by atoms with van der Waals surface area (Å²) in [6.45, 7) is 1.48. The molecule has 0 saturated carbocycles. The molecule has 5 N–H and O–H groups in total. The number of aromatic nitrogens is 1. The van der Waals surface area contributed by atoms with Crippen LogP contribution in [0.1, 0.15) is 40.5 Å². The number of carbonyl (C=O) groups is 1. The van der Waals surface area contributed by atoms with Crippen molar-refractivity contribution in [3.05, 3.63) is 46.4 Å². The molecule has 1 aromatic heterocycles. The second kappa shape index (κ2) is 3.85. The number of H-pyrrole nitrogens is 1. The quantitative estimate of drug-likeness (QED) is 0.394. The first-order chi connectivity index (χ1) is 11.6. The number of aromatic amines is 1. The first kappa shape index (κ1) is 13.4. The third-order valence-corrected chi connectivity index (χ3v) is 6.96. The lowest BCUT2D eigenvalue weighted by atomic mass is 9.56. The van der Waals surface area contributed by atoms with Gasteiger partial charge in [-0.05, 0) is 12.0 Å². The van der Waals surface area contributed by atoms with Crippen molar-refractivity contribution < 1.29 is 19.9 Å². The molecule has 124 valence electrons. The summed E-state index contributed by atoms with van der Waals surface area (Å²) >= 11 is 0. The Bertz CT molecular complexity index is 869. The second-order valence-corrected chi connectivity index (χ2v) is 7.92. The molecular formula is C18H20N3O3+. The van der Waals surface area contributed by atoms with Crippen LogP contribution in [0.25, 0.3) is 0 Å². The van der Waals surface area contributed by atoms with Gasteiger partial charge in [0.1, 0.15) is 6.04 Å². The standard InChI is InChI=1S/C18H19N3O3/c22-10-1-3-17-4-5-19-14-12(17)15-11-9(7-20-13(11)16(14)23)2-6-21(15)18(10,24)8-17/h1,3,7,10,15,19-20,22,24H,2,4-6,8H2/p+1/t10-,15?,17-,18-/m1/s1. The number of hydrogen-bond donors (Lipinski definition) is 5. The van der Waals surface area contributed by atoms with Crippen molar-refractivity contribution in [1.29, 1.82) is 0 Å². The molecule has 1 spiro atoms. The normalized spacial score (nSPS) is 44.2. The Hall–Kier alpha value is -1.89. The number of quaternary nitrogens is 1. The number of fused-ring (bicyclic) bond motifs is 2. The van der Waals surface area contributed by atoms with E-state index in [-0.39, 0.29) is 17.2 Å². The van der Waals surface area contributed by atoms with E-state index in [0.717, 1.165) is 41.1 Å². The van der Waals surface area contributed by atoms with Crippen LogP contribution in [-0.4, -0.2) is 45.9 Å². The number of hydrogen-bond acceptors (Lipinski definition) is 4. The average Bonchev–Trinajstić information content (AvgIpc) is 3.01. The minimum absolute atomic E-state index is 0.0474. The number of ketones is 1. The number of aliphatic hydroxyl groups is 2. The number of aliphatic hydroxyl groups excluding tert-OH is 1. The summed E-state index contributed by atoms with van der Waals surface area (Å²) in [5.74, 6) is 0.0489. The van der Waals surface area contributed by atoms with Crippen LogP contribution < -0.4 is 10.2 Å². The van der Waals surface area contributed by atoms with Gasteiger partial charge in [-0.25, -0.2) is 0 Å². The van der Waals surface area contributed by atoms with Crippen LogP contribution in [0, 0.1) is 5.41 Å². The SMILES string of the molecule is O=C1C2=C3C4c5c(c[nH]c51)CC[NH+]4[C@@]1(O)C[C@@]3(C=C[C@H]1O)CCN2. The van der Waals surface area contributed by atoms with E-state index in [9.17, 15) is 15.0 Å².